The highest BCUT2D eigenvalue weighted by Gasteiger charge is 2.36. The van der Waals surface area contributed by atoms with Gasteiger partial charge in [-0.3, -0.25) is 4.79 Å². The number of ether oxygens (including phenoxy) is 2. The van der Waals surface area contributed by atoms with Crippen molar-refractivity contribution in [2.45, 2.75) is 63.3 Å². The zero-order chi connectivity index (χ0) is 23.6. The predicted molar refractivity (Wildman–Crippen MR) is 128 cm³/mol. The van der Waals surface area contributed by atoms with Crippen molar-refractivity contribution < 1.29 is 19.1 Å². The highest BCUT2D eigenvalue weighted by atomic mass is 16.5. The Morgan fingerprint density at radius 2 is 1.55 bits per heavy atom. The summed E-state index contributed by atoms with van der Waals surface area (Å²) in [6.07, 6.45) is 4.89. The van der Waals surface area contributed by atoms with E-state index >= 15 is 0 Å². The minimum absolute atomic E-state index is 0.0767. The second-order valence-corrected chi connectivity index (χ2v) is 8.55. The van der Waals surface area contributed by atoms with E-state index in [1.807, 2.05) is 36.4 Å². The van der Waals surface area contributed by atoms with Crippen molar-refractivity contribution in [2.24, 2.45) is 5.73 Å². The van der Waals surface area contributed by atoms with Gasteiger partial charge >= 0.3 is 5.97 Å². The summed E-state index contributed by atoms with van der Waals surface area (Å²) in [5, 5.41) is 2.93. The summed E-state index contributed by atoms with van der Waals surface area (Å²) in [6, 6.07) is 19.7. The van der Waals surface area contributed by atoms with Crippen LogP contribution in [-0.2, 0) is 31.9 Å². The van der Waals surface area contributed by atoms with E-state index in [4.69, 9.17) is 15.2 Å². The molecule has 0 saturated carbocycles. The molecular formula is C27H34N2O4. The second kappa shape index (κ2) is 12.3. The molecule has 2 aromatic carbocycles. The van der Waals surface area contributed by atoms with Gasteiger partial charge < -0.3 is 20.5 Å². The Bertz CT molecular complexity index is 886. The van der Waals surface area contributed by atoms with Crippen LogP contribution in [-0.4, -0.2) is 43.3 Å². The summed E-state index contributed by atoms with van der Waals surface area (Å²) in [4.78, 5) is 24.1. The van der Waals surface area contributed by atoms with Crippen LogP contribution in [0, 0.1) is 0 Å². The molecule has 0 unspecified atom stereocenters. The van der Waals surface area contributed by atoms with E-state index in [1.54, 1.807) is 6.08 Å². The first-order valence-electron chi connectivity index (χ1n) is 11.5. The molecule has 0 aliphatic heterocycles. The molecule has 33 heavy (non-hydrogen) atoms. The average Bonchev–Trinajstić information content (AvgIpc) is 2.83. The summed E-state index contributed by atoms with van der Waals surface area (Å²) in [7, 11) is 1.35. The molecule has 0 bridgehead atoms. The van der Waals surface area contributed by atoms with E-state index in [9.17, 15) is 9.59 Å². The molecule has 0 radical (unpaired) electrons. The molecule has 1 amide bonds. The Balaban J connectivity index is 1.79. The summed E-state index contributed by atoms with van der Waals surface area (Å²) < 4.78 is 11.5. The smallest absolute Gasteiger partial charge is 0.333 e. The molecule has 176 valence electrons. The van der Waals surface area contributed by atoms with Gasteiger partial charge in [0.05, 0.1) is 25.4 Å². The van der Waals surface area contributed by atoms with Crippen LogP contribution in [0.2, 0.25) is 0 Å². The average molecular weight is 451 g/mol. The summed E-state index contributed by atoms with van der Waals surface area (Å²) in [5.41, 5.74) is 9.34. The maximum absolute atomic E-state index is 12.2. The molecule has 2 aromatic rings. The normalized spacial score (nSPS) is 20.2. The molecule has 0 aromatic heterocycles. The zero-order valence-electron chi connectivity index (χ0n) is 19.4. The summed E-state index contributed by atoms with van der Waals surface area (Å²) >= 11 is 0. The number of methoxy groups -OCH3 is 1. The van der Waals surface area contributed by atoms with Gasteiger partial charge in [0, 0.05) is 18.5 Å². The molecule has 1 aliphatic carbocycles. The molecule has 1 aliphatic rings. The molecule has 3 atom stereocenters. The first-order valence-corrected chi connectivity index (χ1v) is 11.5. The third-order valence-electron chi connectivity index (χ3n) is 6.00. The van der Waals surface area contributed by atoms with Gasteiger partial charge in [-0.25, -0.2) is 4.79 Å². The molecule has 0 spiro atoms. The minimum atomic E-state index is -0.511. The molecule has 3 N–H and O–H groups in total. The van der Waals surface area contributed by atoms with Crippen LogP contribution in [0.4, 0.5) is 0 Å². The van der Waals surface area contributed by atoms with Crippen molar-refractivity contribution in [2.75, 3.05) is 7.11 Å². The van der Waals surface area contributed by atoms with Gasteiger partial charge in [-0.05, 0) is 49.3 Å². The lowest BCUT2D eigenvalue weighted by atomic mass is 9.88. The zero-order valence-corrected chi connectivity index (χ0v) is 19.4. The Morgan fingerprint density at radius 1 is 1.00 bits per heavy atom. The number of nitrogens with one attached hydrogen (secondary N) is 1. The fraction of sp³-hybridized carbons (Fsp3) is 0.407. The lowest BCUT2D eigenvalue weighted by molar-refractivity contribution is -0.136. The number of hydrogen-bond acceptors (Lipinski definition) is 5. The number of esters is 1. The third kappa shape index (κ3) is 7.55. The van der Waals surface area contributed by atoms with Crippen molar-refractivity contribution in [1.29, 1.82) is 0 Å². The number of amides is 1. The first kappa shape index (κ1) is 24.7. The molecule has 3 rings (SSSR count). The first-order chi connectivity index (χ1) is 16.0. The van der Waals surface area contributed by atoms with Crippen LogP contribution >= 0.6 is 0 Å². The van der Waals surface area contributed by atoms with Crippen LogP contribution in [0.3, 0.4) is 0 Å². The maximum atomic E-state index is 12.2. The largest absolute Gasteiger partial charge is 0.466 e. The number of rotatable bonds is 10. The van der Waals surface area contributed by atoms with E-state index in [0.29, 0.717) is 12.0 Å². The highest BCUT2D eigenvalue weighted by molar-refractivity contribution is 5.89. The Morgan fingerprint density at radius 3 is 2.03 bits per heavy atom. The van der Waals surface area contributed by atoms with Gasteiger partial charge in [-0.2, -0.15) is 0 Å². The van der Waals surface area contributed by atoms with E-state index in [0.717, 1.165) is 25.7 Å². The standard InChI is InChI=1S/C27H34N2O4/c1-19(30)29-26-24(28)17-22(27(31)32-2)18-25(26)33-23(15-13-20-9-5-3-6-10-20)16-14-21-11-7-4-8-12-21/h3-12,18,23-26H,13-17,28H2,1-2H3,(H,29,30)/t24-,25+,26+/m0/s1. The lowest BCUT2D eigenvalue weighted by Gasteiger charge is -2.37. The summed E-state index contributed by atoms with van der Waals surface area (Å²) in [5.74, 6) is -0.588. The maximum Gasteiger partial charge on any atom is 0.333 e. The number of aryl methyl sites for hydroxylation is 2. The Kier molecular flexibility index (Phi) is 9.22. The lowest BCUT2D eigenvalue weighted by Crippen LogP contribution is -2.57. The van der Waals surface area contributed by atoms with Crippen LogP contribution in [0.5, 0.6) is 0 Å². The molecule has 0 heterocycles. The van der Waals surface area contributed by atoms with Crippen LogP contribution < -0.4 is 11.1 Å². The van der Waals surface area contributed by atoms with E-state index in [2.05, 4.69) is 29.6 Å². The molecule has 6 nitrogen and oxygen atoms in total. The molecule has 6 heteroatoms. The molecule has 0 fully saturated rings. The van der Waals surface area contributed by atoms with Crippen molar-refractivity contribution in [3.05, 3.63) is 83.4 Å². The number of hydrogen-bond donors (Lipinski definition) is 2. The number of nitrogens with two attached hydrogens (primary N) is 1. The van der Waals surface area contributed by atoms with Gasteiger partial charge in [-0.1, -0.05) is 60.7 Å². The minimum Gasteiger partial charge on any atom is -0.466 e. The van der Waals surface area contributed by atoms with E-state index in [1.165, 1.54) is 25.2 Å². The number of carbonyl (C=O) groups excluding carboxylic acids is 2. The predicted octanol–water partition coefficient (Wildman–Crippen LogP) is 3.34. The third-order valence-corrected chi connectivity index (χ3v) is 6.00. The van der Waals surface area contributed by atoms with Crippen LogP contribution in [0.1, 0.15) is 37.3 Å². The quantitative estimate of drug-likeness (QED) is 0.542. The van der Waals surface area contributed by atoms with Gasteiger partial charge in [0.2, 0.25) is 5.91 Å². The SMILES string of the molecule is COC(=O)C1=C[C@@H](OC(CCc2ccccc2)CCc2ccccc2)[C@H](NC(C)=O)[C@@H](N)C1. The Hall–Kier alpha value is -2.96. The topological polar surface area (TPSA) is 90.6 Å². The molecular weight excluding hydrogens is 416 g/mol. The number of carbonyl (C=O) groups is 2. The van der Waals surface area contributed by atoms with Gasteiger partial charge in [0.25, 0.3) is 0 Å². The van der Waals surface area contributed by atoms with E-state index < -0.39 is 24.2 Å². The van der Waals surface area contributed by atoms with Gasteiger partial charge in [0.1, 0.15) is 0 Å². The fourth-order valence-electron chi connectivity index (χ4n) is 4.27. The Labute approximate surface area is 196 Å². The van der Waals surface area contributed by atoms with E-state index in [-0.39, 0.29) is 12.0 Å². The number of benzene rings is 2. The van der Waals surface area contributed by atoms with Crippen LogP contribution in [0.15, 0.2) is 72.3 Å². The van der Waals surface area contributed by atoms with Crippen molar-refractivity contribution in [3.8, 4) is 0 Å². The second-order valence-electron chi connectivity index (χ2n) is 8.55. The summed E-state index contributed by atoms with van der Waals surface area (Å²) in [6.45, 7) is 1.46. The monoisotopic (exact) mass is 450 g/mol. The fourth-order valence-corrected chi connectivity index (χ4v) is 4.27. The van der Waals surface area contributed by atoms with Crippen molar-refractivity contribution in [3.63, 3.8) is 0 Å². The van der Waals surface area contributed by atoms with Crippen molar-refractivity contribution in [1.82, 2.24) is 5.32 Å². The van der Waals surface area contributed by atoms with Crippen molar-refractivity contribution >= 4 is 11.9 Å². The molecule has 0 saturated heterocycles. The highest BCUT2D eigenvalue weighted by Crippen LogP contribution is 2.25. The van der Waals surface area contributed by atoms with Crippen LogP contribution in [0.25, 0.3) is 0 Å². The van der Waals surface area contributed by atoms with Gasteiger partial charge in [0.15, 0.2) is 0 Å². The van der Waals surface area contributed by atoms with Gasteiger partial charge in [-0.15, -0.1) is 0 Å².